The van der Waals surface area contributed by atoms with Crippen molar-refractivity contribution < 1.29 is 0 Å². The van der Waals surface area contributed by atoms with E-state index in [1.165, 1.54) is 12.8 Å². The minimum atomic E-state index is 0.646. The van der Waals surface area contributed by atoms with Gasteiger partial charge in [-0.3, -0.25) is 0 Å². The summed E-state index contributed by atoms with van der Waals surface area (Å²) in [5.41, 5.74) is 0. The van der Waals surface area contributed by atoms with Crippen molar-refractivity contribution in [3.63, 3.8) is 0 Å². The predicted molar refractivity (Wildman–Crippen MR) is 46.0 cm³/mol. The van der Waals surface area contributed by atoms with Gasteiger partial charge in [0.15, 0.2) is 0 Å². The molecule has 0 aliphatic rings. The van der Waals surface area contributed by atoms with Gasteiger partial charge in [0.05, 0.1) is 0 Å². The topological polar surface area (TPSA) is 0 Å². The molecule has 0 aliphatic carbocycles. The molecule has 0 amide bonds. The Morgan fingerprint density at radius 1 is 1.00 bits per heavy atom. The van der Waals surface area contributed by atoms with Crippen LogP contribution >= 0.6 is 31.9 Å². The lowest BCUT2D eigenvalue weighted by molar-refractivity contribution is 0.758. The average molecular weight is 244 g/mol. The molecule has 0 aromatic heterocycles. The summed E-state index contributed by atoms with van der Waals surface area (Å²) in [6.07, 6.45) is 2.40. The number of alkyl halides is 2. The van der Waals surface area contributed by atoms with Crippen LogP contribution in [0, 0.1) is 0 Å². The van der Waals surface area contributed by atoms with Crippen LogP contribution in [0.3, 0.4) is 0 Å². The highest BCUT2D eigenvalue weighted by Crippen LogP contribution is 2.19. The molecule has 2 heteroatoms. The molecule has 0 unspecified atom stereocenters. The zero-order valence-corrected chi connectivity index (χ0v) is 8.50. The summed E-state index contributed by atoms with van der Waals surface area (Å²) in [5.74, 6) is 0. The molecule has 0 aromatic carbocycles. The van der Waals surface area contributed by atoms with E-state index in [0.717, 1.165) is 0 Å². The van der Waals surface area contributed by atoms with Crippen LogP contribution in [0.25, 0.3) is 0 Å². The van der Waals surface area contributed by atoms with Crippen LogP contribution in [0.5, 0.6) is 0 Å². The zero-order chi connectivity index (χ0) is 6.57. The molecule has 0 bridgehead atoms. The Hall–Kier alpha value is 0.960. The SMILES string of the molecule is CC[C@H](Br)[C@@H](Br)CC. The van der Waals surface area contributed by atoms with Crippen LogP contribution in [0.1, 0.15) is 26.7 Å². The molecule has 0 spiro atoms. The second kappa shape index (κ2) is 4.80. The van der Waals surface area contributed by atoms with Crippen molar-refractivity contribution in [3.8, 4) is 0 Å². The number of rotatable bonds is 3. The van der Waals surface area contributed by atoms with Gasteiger partial charge in [-0.15, -0.1) is 0 Å². The lowest BCUT2D eigenvalue weighted by atomic mass is 10.2. The largest absolute Gasteiger partial charge is 0.0879 e. The summed E-state index contributed by atoms with van der Waals surface area (Å²) in [5, 5.41) is 0. The van der Waals surface area contributed by atoms with Crippen molar-refractivity contribution in [3.05, 3.63) is 0 Å². The average Bonchev–Trinajstić information content (AvgIpc) is 1.84. The molecule has 0 radical (unpaired) electrons. The van der Waals surface area contributed by atoms with E-state index >= 15 is 0 Å². The van der Waals surface area contributed by atoms with E-state index in [-0.39, 0.29) is 0 Å². The third-order valence-electron chi connectivity index (χ3n) is 1.17. The highest BCUT2D eigenvalue weighted by atomic mass is 79.9. The maximum absolute atomic E-state index is 3.56. The molecule has 0 saturated heterocycles. The van der Waals surface area contributed by atoms with E-state index in [2.05, 4.69) is 45.7 Å². The first-order valence-corrected chi connectivity index (χ1v) is 4.83. The minimum absolute atomic E-state index is 0.646. The van der Waals surface area contributed by atoms with E-state index < -0.39 is 0 Å². The van der Waals surface area contributed by atoms with Gasteiger partial charge in [0, 0.05) is 9.65 Å². The van der Waals surface area contributed by atoms with Crippen molar-refractivity contribution in [2.75, 3.05) is 0 Å². The summed E-state index contributed by atoms with van der Waals surface area (Å²) in [6.45, 7) is 4.37. The molecule has 8 heavy (non-hydrogen) atoms. The molecule has 0 heterocycles. The van der Waals surface area contributed by atoms with Crippen LogP contribution < -0.4 is 0 Å². The first kappa shape index (κ1) is 8.96. The number of hydrogen-bond donors (Lipinski definition) is 0. The molecule has 50 valence electrons. The van der Waals surface area contributed by atoms with Crippen LogP contribution in [-0.4, -0.2) is 9.65 Å². The van der Waals surface area contributed by atoms with E-state index in [1.807, 2.05) is 0 Å². The maximum Gasteiger partial charge on any atom is 0.0268 e. The molecule has 0 aromatic rings. The van der Waals surface area contributed by atoms with Crippen LogP contribution in [-0.2, 0) is 0 Å². The Bertz CT molecular complexity index is 46.5. The summed E-state index contributed by atoms with van der Waals surface area (Å²) >= 11 is 7.11. The molecule has 0 rings (SSSR count). The number of halogens is 2. The van der Waals surface area contributed by atoms with Crippen molar-refractivity contribution in [2.45, 2.75) is 36.3 Å². The fourth-order valence-corrected chi connectivity index (χ4v) is 1.26. The van der Waals surface area contributed by atoms with Gasteiger partial charge in [-0.25, -0.2) is 0 Å². The molecular formula is C6H12Br2. The van der Waals surface area contributed by atoms with Crippen molar-refractivity contribution >= 4 is 31.9 Å². The van der Waals surface area contributed by atoms with E-state index in [4.69, 9.17) is 0 Å². The zero-order valence-electron chi connectivity index (χ0n) is 5.32. The van der Waals surface area contributed by atoms with Crippen molar-refractivity contribution in [2.24, 2.45) is 0 Å². The van der Waals surface area contributed by atoms with E-state index in [9.17, 15) is 0 Å². The molecular weight excluding hydrogens is 232 g/mol. The monoisotopic (exact) mass is 242 g/mol. The van der Waals surface area contributed by atoms with Gasteiger partial charge in [0.25, 0.3) is 0 Å². The fourth-order valence-electron chi connectivity index (χ4n) is 0.512. The Morgan fingerprint density at radius 2 is 1.25 bits per heavy atom. The molecule has 0 saturated carbocycles. The minimum Gasteiger partial charge on any atom is -0.0879 e. The molecule has 0 N–H and O–H groups in total. The van der Waals surface area contributed by atoms with Crippen LogP contribution in [0.2, 0.25) is 0 Å². The molecule has 0 nitrogen and oxygen atoms in total. The van der Waals surface area contributed by atoms with Gasteiger partial charge in [-0.1, -0.05) is 45.7 Å². The van der Waals surface area contributed by atoms with Crippen LogP contribution in [0.4, 0.5) is 0 Å². The Labute approximate surface area is 68.3 Å². The maximum atomic E-state index is 3.56. The Morgan fingerprint density at radius 3 is 1.38 bits per heavy atom. The van der Waals surface area contributed by atoms with Gasteiger partial charge in [-0.2, -0.15) is 0 Å². The van der Waals surface area contributed by atoms with Gasteiger partial charge >= 0.3 is 0 Å². The summed E-state index contributed by atoms with van der Waals surface area (Å²) in [7, 11) is 0. The molecule has 2 atom stereocenters. The first-order valence-electron chi connectivity index (χ1n) is 3.00. The summed E-state index contributed by atoms with van der Waals surface area (Å²) in [6, 6.07) is 0. The van der Waals surface area contributed by atoms with Gasteiger partial charge in [-0.05, 0) is 12.8 Å². The fraction of sp³-hybridized carbons (Fsp3) is 1.00. The highest BCUT2D eigenvalue weighted by Gasteiger charge is 2.09. The summed E-state index contributed by atoms with van der Waals surface area (Å²) < 4.78 is 0. The molecule has 0 aliphatic heterocycles. The number of hydrogen-bond acceptors (Lipinski definition) is 0. The van der Waals surface area contributed by atoms with Crippen molar-refractivity contribution in [1.29, 1.82) is 0 Å². The Kier molecular flexibility index (Phi) is 5.38. The predicted octanol–water partition coefficient (Wildman–Crippen LogP) is 3.33. The smallest absolute Gasteiger partial charge is 0.0268 e. The first-order chi connectivity index (χ1) is 3.72. The second-order valence-corrected chi connectivity index (χ2v) is 4.20. The van der Waals surface area contributed by atoms with Gasteiger partial charge < -0.3 is 0 Å². The van der Waals surface area contributed by atoms with Crippen LogP contribution in [0.15, 0.2) is 0 Å². The van der Waals surface area contributed by atoms with E-state index in [1.54, 1.807) is 0 Å². The quantitative estimate of drug-likeness (QED) is 0.668. The normalized spacial score (nSPS) is 18.0. The highest BCUT2D eigenvalue weighted by molar-refractivity contribution is 9.12. The van der Waals surface area contributed by atoms with E-state index in [0.29, 0.717) is 9.65 Å². The standard InChI is InChI=1S/C6H12Br2/c1-3-5(7)6(8)4-2/h5-6H,3-4H2,1-2H3/t5-,6-/m0/s1. The third kappa shape index (κ3) is 3.08. The third-order valence-corrected chi connectivity index (χ3v) is 4.45. The molecule has 0 fully saturated rings. The van der Waals surface area contributed by atoms with Gasteiger partial charge in [0.2, 0.25) is 0 Å². The van der Waals surface area contributed by atoms with Gasteiger partial charge in [0.1, 0.15) is 0 Å². The lowest BCUT2D eigenvalue weighted by Gasteiger charge is -2.10. The second-order valence-electron chi connectivity index (χ2n) is 1.85. The summed E-state index contributed by atoms with van der Waals surface area (Å²) in [4.78, 5) is 1.29. The lowest BCUT2D eigenvalue weighted by Crippen LogP contribution is -2.10. The Balaban J connectivity index is 3.29. The van der Waals surface area contributed by atoms with Crippen molar-refractivity contribution in [1.82, 2.24) is 0 Å².